The van der Waals surface area contributed by atoms with Gasteiger partial charge >= 0.3 is 5.97 Å². The van der Waals surface area contributed by atoms with Crippen molar-refractivity contribution >= 4 is 5.97 Å². The van der Waals surface area contributed by atoms with Crippen molar-refractivity contribution in [2.24, 2.45) is 11.5 Å². The van der Waals surface area contributed by atoms with Gasteiger partial charge in [0.2, 0.25) is 0 Å². The summed E-state index contributed by atoms with van der Waals surface area (Å²) in [4.78, 5) is 11.0. The van der Waals surface area contributed by atoms with Gasteiger partial charge in [-0.2, -0.15) is 0 Å². The highest BCUT2D eigenvalue weighted by atomic mass is 16.6. The van der Waals surface area contributed by atoms with Gasteiger partial charge in [0.15, 0.2) is 0 Å². The van der Waals surface area contributed by atoms with Crippen molar-refractivity contribution in [1.82, 2.24) is 0 Å². The van der Waals surface area contributed by atoms with Gasteiger partial charge in [0, 0.05) is 13.2 Å². The Bertz CT molecular complexity index is 229. The fraction of sp³-hybridized carbons (Fsp3) is 0.923. The molecule has 0 heterocycles. The third kappa shape index (κ3) is 13.7. The highest BCUT2D eigenvalue weighted by Gasteiger charge is 2.04. The van der Waals surface area contributed by atoms with Crippen molar-refractivity contribution in [1.29, 1.82) is 0 Å². The highest BCUT2D eigenvalue weighted by Crippen LogP contribution is 1.93. The van der Waals surface area contributed by atoms with E-state index in [4.69, 9.17) is 30.4 Å². The average Bonchev–Trinajstić information content (AvgIpc) is 2.43. The fourth-order valence-electron chi connectivity index (χ4n) is 1.30. The summed E-state index contributed by atoms with van der Waals surface area (Å²) in [6.07, 6.45) is 1.05. The van der Waals surface area contributed by atoms with Crippen molar-refractivity contribution in [3.63, 3.8) is 0 Å². The zero-order chi connectivity index (χ0) is 15.1. The van der Waals surface area contributed by atoms with E-state index in [1.54, 1.807) is 0 Å². The lowest BCUT2D eigenvalue weighted by Gasteiger charge is -2.13. The van der Waals surface area contributed by atoms with Crippen molar-refractivity contribution in [2.75, 3.05) is 52.7 Å². The molecular weight excluding hydrogens is 264 g/mol. The first-order chi connectivity index (χ1) is 9.70. The second kappa shape index (κ2) is 14.7. The lowest BCUT2D eigenvalue weighted by Crippen LogP contribution is -2.21. The number of esters is 1. The minimum atomic E-state index is -0.297. The van der Waals surface area contributed by atoms with Gasteiger partial charge in [-0.05, 0) is 19.9 Å². The molecule has 0 fully saturated rings. The van der Waals surface area contributed by atoms with Crippen LogP contribution in [0.4, 0.5) is 0 Å². The molecule has 1 unspecified atom stereocenters. The van der Waals surface area contributed by atoms with Gasteiger partial charge in [0.05, 0.1) is 39.0 Å². The number of carbonyl (C=O) groups is 1. The van der Waals surface area contributed by atoms with Crippen LogP contribution in [0.1, 0.15) is 19.8 Å². The monoisotopic (exact) mass is 292 g/mol. The van der Waals surface area contributed by atoms with Crippen LogP contribution < -0.4 is 11.5 Å². The Kier molecular flexibility index (Phi) is 14.1. The van der Waals surface area contributed by atoms with Crippen LogP contribution in [0.5, 0.6) is 0 Å². The lowest BCUT2D eigenvalue weighted by atomic mass is 10.4. The highest BCUT2D eigenvalue weighted by molar-refractivity contribution is 5.69. The van der Waals surface area contributed by atoms with Gasteiger partial charge in [-0.25, -0.2) is 0 Å². The number of ether oxygens (including phenoxy) is 4. The van der Waals surface area contributed by atoms with E-state index in [1.807, 2.05) is 6.92 Å². The molecule has 120 valence electrons. The molecule has 0 aliphatic heterocycles. The molecule has 0 rings (SSSR count). The average molecular weight is 292 g/mol. The fourth-order valence-corrected chi connectivity index (χ4v) is 1.30. The maximum Gasteiger partial charge on any atom is 0.307 e. The van der Waals surface area contributed by atoms with E-state index in [2.05, 4.69) is 0 Å². The summed E-state index contributed by atoms with van der Waals surface area (Å²) in [5.41, 5.74) is 10.6. The molecule has 0 aliphatic carbocycles. The zero-order valence-corrected chi connectivity index (χ0v) is 12.3. The van der Waals surface area contributed by atoms with Crippen LogP contribution in [-0.4, -0.2) is 64.8 Å². The summed E-state index contributed by atoms with van der Waals surface area (Å²) < 4.78 is 21.0. The van der Waals surface area contributed by atoms with Gasteiger partial charge in [0.1, 0.15) is 6.61 Å². The SMILES string of the molecule is CC(COCCOCCCN)OCCOC(=O)CCN. The van der Waals surface area contributed by atoms with Crippen LogP contribution in [0, 0.1) is 0 Å². The lowest BCUT2D eigenvalue weighted by molar-refractivity contribution is -0.145. The first kappa shape index (κ1) is 19.3. The van der Waals surface area contributed by atoms with Crippen molar-refractivity contribution in [2.45, 2.75) is 25.9 Å². The van der Waals surface area contributed by atoms with Crippen molar-refractivity contribution in [3.8, 4) is 0 Å². The summed E-state index contributed by atoms with van der Waals surface area (Å²) in [5, 5.41) is 0. The summed E-state index contributed by atoms with van der Waals surface area (Å²) in [7, 11) is 0. The standard InChI is InChI=1S/C13H28N2O5/c1-12(11-18-8-7-17-6-2-4-14)19-9-10-20-13(16)3-5-15/h12H,2-11,14-15H2,1H3. The molecule has 7 heteroatoms. The Labute approximate surface area is 120 Å². The number of hydrogen-bond donors (Lipinski definition) is 2. The first-order valence-electron chi connectivity index (χ1n) is 7.03. The number of carbonyl (C=O) groups excluding carboxylic acids is 1. The zero-order valence-electron chi connectivity index (χ0n) is 12.3. The minimum Gasteiger partial charge on any atom is -0.463 e. The second-order valence-electron chi connectivity index (χ2n) is 4.27. The van der Waals surface area contributed by atoms with E-state index in [1.165, 1.54) is 0 Å². The molecule has 0 aliphatic rings. The van der Waals surface area contributed by atoms with Crippen LogP contribution >= 0.6 is 0 Å². The molecule has 0 radical (unpaired) electrons. The number of nitrogens with two attached hydrogens (primary N) is 2. The third-order valence-corrected chi connectivity index (χ3v) is 2.31. The molecule has 0 spiro atoms. The molecule has 20 heavy (non-hydrogen) atoms. The molecule has 0 amide bonds. The number of rotatable bonds is 14. The minimum absolute atomic E-state index is 0.0488. The Morgan fingerprint density at radius 3 is 2.45 bits per heavy atom. The molecule has 1 atom stereocenters. The summed E-state index contributed by atoms with van der Waals surface area (Å²) >= 11 is 0. The molecule has 0 saturated carbocycles. The smallest absolute Gasteiger partial charge is 0.307 e. The normalized spacial score (nSPS) is 12.3. The van der Waals surface area contributed by atoms with Crippen LogP contribution in [0.2, 0.25) is 0 Å². The summed E-state index contributed by atoms with van der Waals surface area (Å²) in [5.74, 6) is -0.297. The van der Waals surface area contributed by atoms with Crippen LogP contribution in [0.15, 0.2) is 0 Å². The predicted octanol–water partition coefficient (Wildman–Crippen LogP) is -0.334. The Morgan fingerprint density at radius 1 is 1.00 bits per heavy atom. The van der Waals surface area contributed by atoms with E-state index >= 15 is 0 Å². The molecule has 0 aromatic carbocycles. The first-order valence-corrected chi connectivity index (χ1v) is 7.03. The van der Waals surface area contributed by atoms with E-state index in [9.17, 15) is 4.79 Å². The largest absolute Gasteiger partial charge is 0.463 e. The summed E-state index contributed by atoms with van der Waals surface area (Å²) in [6.45, 7) is 5.68. The molecule has 0 aromatic rings. The van der Waals surface area contributed by atoms with E-state index in [0.717, 1.165) is 6.42 Å². The second-order valence-corrected chi connectivity index (χ2v) is 4.27. The van der Waals surface area contributed by atoms with Gasteiger partial charge in [-0.3, -0.25) is 4.79 Å². The molecule has 0 saturated heterocycles. The van der Waals surface area contributed by atoms with Gasteiger partial charge in [-0.15, -0.1) is 0 Å². The Hall–Kier alpha value is -0.730. The van der Waals surface area contributed by atoms with Crippen molar-refractivity contribution < 1.29 is 23.7 Å². The number of hydrogen-bond acceptors (Lipinski definition) is 7. The quantitative estimate of drug-likeness (QED) is 0.333. The van der Waals surface area contributed by atoms with E-state index in [0.29, 0.717) is 46.1 Å². The van der Waals surface area contributed by atoms with Crippen LogP contribution in [0.3, 0.4) is 0 Å². The molecule has 4 N–H and O–H groups in total. The third-order valence-electron chi connectivity index (χ3n) is 2.31. The maximum absolute atomic E-state index is 11.0. The van der Waals surface area contributed by atoms with Crippen LogP contribution in [-0.2, 0) is 23.7 Å². The topological polar surface area (TPSA) is 106 Å². The van der Waals surface area contributed by atoms with E-state index < -0.39 is 0 Å². The van der Waals surface area contributed by atoms with Gasteiger partial charge in [-0.1, -0.05) is 0 Å². The van der Waals surface area contributed by atoms with E-state index in [-0.39, 0.29) is 25.1 Å². The van der Waals surface area contributed by atoms with Gasteiger partial charge < -0.3 is 30.4 Å². The molecule has 0 bridgehead atoms. The molecule has 7 nitrogen and oxygen atoms in total. The Balaban J connectivity index is 3.24. The van der Waals surface area contributed by atoms with Crippen molar-refractivity contribution in [3.05, 3.63) is 0 Å². The molecular formula is C13H28N2O5. The Morgan fingerprint density at radius 2 is 1.75 bits per heavy atom. The maximum atomic E-state index is 11.0. The predicted molar refractivity (Wildman–Crippen MR) is 75.4 cm³/mol. The van der Waals surface area contributed by atoms with Crippen LogP contribution in [0.25, 0.3) is 0 Å². The molecule has 0 aromatic heterocycles. The van der Waals surface area contributed by atoms with Gasteiger partial charge in [0.25, 0.3) is 0 Å². The summed E-state index contributed by atoms with van der Waals surface area (Å²) in [6, 6.07) is 0.